The molecule has 19 heavy (non-hydrogen) atoms. The average molecular weight is 283 g/mol. The van der Waals surface area contributed by atoms with Gasteiger partial charge in [-0.1, -0.05) is 13.3 Å². The van der Waals surface area contributed by atoms with Crippen LogP contribution in [0.1, 0.15) is 38.3 Å². The molecule has 6 heteroatoms. The molecule has 1 heterocycles. The van der Waals surface area contributed by atoms with Crippen LogP contribution in [0.2, 0.25) is 0 Å². The Labute approximate surface area is 114 Å². The molecule has 0 unspecified atom stereocenters. The van der Waals surface area contributed by atoms with E-state index in [1.807, 2.05) is 0 Å². The summed E-state index contributed by atoms with van der Waals surface area (Å²) in [5.41, 5.74) is 6.13. The first-order chi connectivity index (χ1) is 9.03. The fourth-order valence-corrected chi connectivity index (χ4v) is 3.73. The van der Waals surface area contributed by atoms with Crippen molar-refractivity contribution in [2.75, 3.05) is 6.54 Å². The van der Waals surface area contributed by atoms with E-state index in [0.717, 1.165) is 25.7 Å². The molecule has 1 aromatic heterocycles. The first kappa shape index (κ1) is 14.4. The van der Waals surface area contributed by atoms with Crippen LogP contribution in [0.3, 0.4) is 0 Å². The summed E-state index contributed by atoms with van der Waals surface area (Å²) in [6.45, 7) is 2.77. The number of hydrogen-bond donors (Lipinski definition) is 2. The molecule has 0 spiro atoms. The van der Waals surface area contributed by atoms with Crippen LogP contribution in [0, 0.1) is 5.41 Å². The molecule has 5 nitrogen and oxygen atoms in total. The molecule has 0 radical (unpaired) electrons. The molecule has 1 aliphatic rings. The highest BCUT2D eigenvalue weighted by molar-refractivity contribution is 7.89. The number of hydrogen-bond acceptors (Lipinski definition) is 4. The second-order valence-corrected chi connectivity index (χ2v) is 6.96. The smallest absolute Gasteiger partial charge is 0.242 e. The number of nitrogens with zero attached hydrogens (tertiary/aromatic N) is 1. The zero-order valence-corrected chi connectivity index (χ0v) is 12.0. The van der Waals surface area contributed by atoms with Gasteiger partial charge in [-0.2, -0.15) is 0 Å². The summed E-state index contributed by atoms with van der Waals surface area (Å²) in [6, 6.07) is 3.17. The largest absolute Gasteiger partial charge is 0.325 e. The Bertz CT molecular complexity index is 539. The molecular formula is C13H21N3O2S. The normalized spacial score (nSPS) is 17.4. The molecule has 1 saturated carbocycles. The number of nitrogens with two attached hydrogens (primary N) is 1. The van der Waals surface area contributed by atoms with E-state index in [1.54, 1.807) is 18.3 Å². The van der Waals surface area contributed by atoms with Gasteiger partial charge in [-0.05, 0) is 36.8 Å². The third-order valence-corrected chi connectivity index (χ3v) is 5.18. The lowest BCUT2D eigenvalue weighted by Crippen LogP contribution is -2.31. The Morgan fingerprint density at radius 3 is 2.79 bits per heavy atom. The van der Waals surface area contributed by atoms with Crippen molar-refractivity contribution >= 4 is 10.0 Å². The molecule has 0 aliphatic heterocycles. The molecule has 0 atom stereocenters. The third kappa shape index (κ3) is 3.32. The fourth-order valence-electron chi connectivity index (χ4n) is 2.37. The minimum Gasteiger partial charge on any atom is -0.325 e. The van der Waals surface area contributed by atoms with Crippen LogP contribution in [0.25, 0.3) is 0 Å². The van der Waals surface area contributed by atoms with Gasteiger partial charge in [0, 0.05) is 19.3 Å². The molecule has 2 rings (SSSR count). The minimum absolute atomic E-state index is 0.122. The molecule has 0 aromatic carbocycles. The monoisotopic (exact) mass is 283 g/mol. The van der Waals surface area contributed by atoms with E-state index in [-0.39, 0.29) is 16.9 Å². The van der Waals surface area contributed by atoms with E-state index >= 15 is 0 Å². The lowest BCUT2D eigenvalue weighted by molar-refractivity contribution is 0.449. The maximum absolute atomic E-state index is 12.3. The van der Waals surface area contributed by atoms with Gasteiger partial charge in [0.2, 0.25) is 10.0 Å². The maximum Gasteiger partial charge on any atom is 0.242 e. The molecule has 0 bridgehead atoms. The van der Waals surface area contributed by atoms with Crippen LogP contribution in [0.4, 0.5) is 0 Å². The highest BCUT2D eigenvalue weighted by Gasteiger charge is 2.42. The van der Waals surface area contributed by atoms with Crippen molar-refractivity contribution in [2.45, 2.75) is 44.0 Å². The van der Waals surface area contributed by atoms with Crippen LogP contribution in [-0.2, 0) is 16.6 Å². The summed E-state index contributed by atoms with van der Waals surface area (Å²) < 4.78 is 27.3. The van der Waals surface area contributed by atoms with Gasteiger partial charge in [0.1, 0.15) is 4.90 Å². The third-order valence-electron chi connectivity index (χ3n) is 3.71. The van der Waals surface area contributed by atoms with Crippen molar-refractivity contribution in [2.24, 2.45) is 11.1 Å². The van der Waals surface area contributed by atoms with Crippen LogP contribution in [-0.4, -0.2) is 19.9 Å². The summed E-state index contributed by atoms with van der Waals surface area (Å²) in [6.07, 6.45) is 5.94. The van der Waals surface area contributed by atoms with E-state index in [9.17, 15) is 8.42 Å². The van der Waals surface area contributed by atoms with Crippen LogP contribution >= 0.6 is 0 Å². The second kappa shape index (κ2) is 5.56. The predicted octanol–water partition coefficient (Wildman–Crippen LogP) is 1.40. The van der Waals surface area contributed by atoms with Crippen LogP contribution < -0.4 is 10.5 Å². The first-order valence-electron chi connectivity index (χ1n) is 6.67. The first-order valence-corrected chi connectivity index (χ1v) is 8.15. The Morgan fingerprint density at radius 1 is 1.47 bits per heavy atom. The number of aromatic nitrogens is 1. The number of nitrogens with one attached hydrogen (secondary N) is 1. The van der Waals surface area contributed by atoms with Crippen molar-refractivity contribution in [1.29, 1.82) is 0 Å². The summed E-state index contributed by atoms with van der Waals surface area (Å²) in [4.78, 5) is 4.21. The minimum atomic E-state index is -3.51. The Balaban J connectivity index is 2.10. The van der Waals surface area contributed by atoms with E-state index in [4.69, 9.17) is 5.73 Å². The van der Waals surface area contributed by atoms with Gasteiger partial charge >= 0.3 is 0 Å². The predicted molar refractivity (Wildman–Crippen MR) is 73.9 cm³/mol. The van der Waals surface area contributed by atoms with Crippen LogP contribution in [0.15, 0.2) is 23.2 Å². The molecule has 0 saturated heterocycles. The Hall–Kier alpha value is -0.980. The second-order valence-electron chi connectivity index (χ2n) is 5.23. The number of rotatable bonds is 7. The molecule has 0 amide bonds. The summed E-state index contributed by atoms with van der Waals surface area (Å²) in [5, 5.41) is 0. The maximum atomic E-state index is 12.3. The number of pyridine rings is 1. The standard InChI is InChI=1S/C13H21N3O2S/c1-2-5-13(6-7-13)10-16-19(17,18)12-4-3-8-15-11(12)9-14/h3-4,8,16H,2,5-7,9-10,14H2,1H3. The van der Waals surface area contributed by atoms with Crippen molar-refractivity contribution in [3.05, 3.63) is 24.0 Å². The number of sulfonamides is 1. The molecule has 1 aromatic rings. The lowest BCUT2D eigenvalue weighted by atomic mass is 10.0. The molecule has 106 valence electrons. The van der Waals surface area contributed by atoms with E-state index in [1.165, 1.54) is 0 Å². The SMILES string of the molecule is CCCC1(CNS(=O)(=O)c2cccnc2CN)CC1. The molecule has 1 fully saturated rings. The van der Waals surface area contributed by atoms with Crippen molar-refractivity contribution in [3.8, 4) is 0 Å². The molecule has 1 aliphatic carbocycles. The molecule has 3 N–H and O–H groups in total. The van der Waals surface area contributed by atoms with Gasteiger partial charge in [-0.15, -0.1) is 0 Å². The van der Waals surface area contributed by atoms with Gasteiger partial charge in [-0.25, -0.2) is 13.1 Å². The van der Waals surface area contributed by atoms with Gasteiger partial charge in [0.15, 0.2) is 0 Å². The van der Waals surface area contributed by atoms with E-state index < -0.39 is 10.0 Å². The van der Waals surface area contributed by atoms with Crippen molar-refractivity contribution < 1.29 is 8.42 Å². The van der Waals surface area contributed by atoms with Gasteiger partial charge < -0.3 is 5.73 Å². The Kier molecular flexibility index (Phi) is 4.23. The van der Waals surface area contributed by atoms with Crippen molar-refractivity contribution in [3.63, 3.8) is 0 Å². The summed E-state index contributed by atoms with van der Waals surface area (Å²) in [7, 11) is -3.51. The van der Waals surface area contributed by atoms with E-state index in [2.05, 4.69) is 16.6 Å². The van der Waals surface area contributed by atoms with Crippen LogP contribution in [0.5, 0.6) is 0 Å². The zero-order valence-electron chi connectivity index (χ0n) is 11.2. The Morgan fingerprint density at radius 2 is 2.21 bits per heavy atom. The molecular weight excluding hydrogens is 262 g/mol. The highest BCUT2D eigenvalue weighted by atomic mass is 32.2. The summed E-state index contributed by atoms with van der Waals surface area (Å²) in [5.74, 6) is 0. The van der Waals surface area contributed by atoms with Gasteiger partial charge in [-0.3, -0.25) is 4.98 Å². The highest BCUT2D eigenvalue weighted by Crippen LogP contribution is 2.49. The van der Waals surface area contributed by atoms with Gasteiger partial charge in [0.05, 0.1) is 5.69 Å². The summed E-state index contributed by atoms with van der Waals surface area (Å²) >= 11 is 0. The fraction of sp³-hybridized carbons (Fsp3) is 0.615. The van der Waals surface area contributed by atoms with Gasteiger partial charge in [0.25, 0.3) is 0 Å². The van der Waals surface area contributed by atoms with E-state index in [0.29, 0.717) is 12.2 Å². The quantitative estimate of drug-likeness (QED) is 0.792. The average Bonchev–Trinajstić information content (AvgIpc) is 3.17. The van der Waals surface area contributed by atoms with Crippen molar-refractivity contribution in [1.82, 2.24) is 9.71 Å². The zero-order chi connectivity index (χ0) is 13.9. The topological polar surface area (TPSA) is 85.1 Å². The lowest BCUT2D eigenvalue weighted by Gasteiger charge is -2.16.